The monoisotopic (exact) mass is 1240 g/mol. The zero-order valence-electron chi connectivity index (χ0n) is 49.0. The lowest BCUT2D eigenvalue weighted by molar-refractivity contribution is -0.142. The molecule has 0 fully saturated rings. The maximum atomic E-state index is 14.7. The third-order valence-corrected chi connectivity index (χ3v) is 13.7. The fourth-order valence-electron chi connectivity index (χ4n) is 8.53. The lowest BCUT2D eigenvalue weighted by Gasteiger charge is -2.28. The Balaban J connectivity index is 1.90. The second kappa shape index (κ2) is 37.3. The largest absolute Gasteiger partial charge is 0.481 e. The van der Waals surface area contributed by atoms with Crippen molar-refractivity contribution in [2.45, 2.75) is 140 Å². The van der Waals surface area contributed by atoms with Crippen LogP contribution in [-0.2, 0) is 76.8 Å². The zero-order valence-corrected chi connectivity index (χ0v) is 49.9. The molecule has 0 saturated carbocycles. The number of hydrogen-bond acceptors (Lipinski definition) is 16. The molecule has 0 aliphatic heterocycles. The van der Waals surface area contributed by atoms with Gasteiger partial charge in [-0.3, -0.25) is 57.7 Å². The Kier molecular flexibility index (Phi) is 31.0. The summed E-state index contributed by atoms with van der Waals surface area (Å²) < 4.78 is 0. The van der Waals surface area contributed by atoms with Gasteiger partial charge in [0.15, 0.2) is 5.96 Å². The van der Waals surface area contributed by atoms with E-state index in [4.69, 9.17) is 22.3 Å². The molecule has 2 aromatic carbocycles. The summed E-state index contributed by atoms with van der Waals surface area (Å²) in [5, 5.41) is 51.6. The molecule has 0 aliphatic rings. The first-order chi connectivity index (χ1) is 41.2. The van der Waals surface area contributed by atoms with Crippen LogP contribution in [0, 0.1) is 11.8 Å². The maximum absolute atomic E-state index is 14.7. The highest BCUT2D eigenvalue weighted by atomic mass is 32.2. The molecule has 30 nitrogen and oxygen atoms in total. The van der Waals surface area contributed by atoms with Crippen LogP contribution >= 0.6 is 11.8 Å². The number of aliphatic imine (C=N–C) groups is 1. The van der Waals surface area contributed by atoms with E-state index in [1.54, 1.807) is 94.6 Å². The molecule has 3 rings (SSSR count). The van der Waals surface area contributed by atoms with Crippen LogP contribution in [-0.4, -0.2) is 182 Å². The number of nitrogens with two attached hydrogens (primary N) is 3. The van der Waals surface area contributed by atoms with E-state index in [0.29, 0.717) is 22.6 Å². The predicted molar refractivity (Wildman–Crippen MR) is 318 cm³/mol. The summed E-state index contributed by atoms with van der Waals surface area (Å²) in [5.41, 5.74) is 17.8. The van der Waals surface area contributed by atoms with Crippen LogP contribution in [0.15, 0.2) is 78.2 Å². The number of carboxylic acid groups (broad SMARTS) is 3. The number of H-pyrrole nitrogens is 1. The number of nitrogens with zero attached hydrogens (tertiary/aromatic N) is 2. The van der Waals surface area contributed by atoms with Crippen LogP contribution in [0.3, 0.4) is 0 Å². The van der Waals surface area contributed by atoms with Crippen LogP contribution in [0.1, 0.15) is 83.0 Å². The number of benzene rings is 2. The summed E-state index contributed by atoms with van der Waals surface area (Å²) in [6.45, 7) is 6.19. The number of guanidine groups is 1. The van der Waals surface area contributed by atoms with Gasteiger partial charge in [0.2, 0.25) is 53.2 Å². The molecule has 9 atom stereocenters. The zero-order chi connectivity index (χ0) is 64.8. The maximum Gasteiger partial charge on any atom is 0.326 e. The Bertz CT molecular complexity index is 2820. The number of aromatic nitrogens is 2. The number of aliphatic carboxylic acids is 3. The molecule has 0 unspecified atom stereocenters. The average Bonchev–Trinajstić information content (AvgIpc) is 4.14. The third-order valence-electron chi connectivity index (χ3n) is 13.0. The van der Waals surface area contributed by atoms with Crippen molar-refractivity contribution in [2.24, 2.45) is 34.0 Å². The van der Waals surface area contributed by atoms with E-state index in [1.807, 2.05) is 0 Å². The minimum atomic E-state index is -1.92. The summed E-state index contributed by atoms with van der Waals surface area (Å²) in [7, 11) is 0. The van der Waals surface area contributed by atoms with Crippen molar-refractivity contribution in [3.05, 3.63) is 90.0 Å². The first kappa shape index (κ1) is 72.1. The number of nitrogens with one attached hydrogen (secondary N) is 10. The van der Waals surface area contributed by atoms with Gasteiger partial charge in [0.1, 0.15) is 48.3 Å². The van der Waals surface area contributed by atoms with Gasteiger partial charge in [0.25, 0.3) is 0 Å². The number of carboxylic acids is 3. The number of aromatic amines is 1. The highest BCUT2D eigenvalue weighted by Crippen LogP contribution is 2.13. The highest BCUT2D eigenvalue weighted by molar-refractivity contribution is 7.98. The number of imidazole rings is 1. The second-order valence-corrected chi connectivity index (χ2v) is 22.1. The van der Waals surface area contributed by atoms with Crippen LogP contribution < -0.4 is 65.1 Å². The van der Waals surface area contributed by atoms with Crippen molar-refractivity contribution >= 4 is 88.8 Å². The average molecular weight is 1240 g/mol. The van der Waals surface area contributed by atoms with Gasteiger partial charge < -0.3 is 85.4 Å². The van der Waals surface area contributed by atoms with Gasteiger partial charge >= 0.3 is 17.9 Å². The normalized spacial score (nSPS) is 14.1. The van der Waals surface area contributed by atoms with Crippen molar-refractivity contribution in [2.75, 3.05) is 25.1 Å². The first-order valence-electron chi connectivity index (χ1n) is 27.9. The second-order valence-electron chi connectivity index (χ2n) is 21.1. The van der Waals surface area contributed by atoms with Gasteiger partial charge in [-0.05, 0) is 60.7 Å². The van der Waals surface area contributed by atoms with Crippen LogP contribution in [0.25, 0.3) is 0 Å². The van der Waals surface area contributed by atoms with Crippen molar-refractivity contribution < 1.29 is 72.9 Å². The van der Waals surface area contributed by atoms with Gasteiger partial charge in [-0.25, -0.2) is 9.78 Å². The molecule has 0 aliphatic carbocycles. The minimum absolute atomic E-state index is 0.00410. The van der Waals surface area contributed by atoms with E-state index in [-0.39, 0.29) is 63.4 Å². The first-order valence-corrected chi connectivity index (χ1v) is 29.3. The van der Waals surface area contributed by atoms with E-state index in [0.717, 1.165) is 0 Å². The summed E-state index contributed by atoms with van der Waals surface area (Å²) in [5.74, 6) is -13.3. The fraction of sp³-hybridized carbons (Fsp3) is 0.500. The van der Waals surface area contributed by atoms with Crippen LogP contribution in [0.2, 0.25) is 0 Å². The molecule has 0 bridgehead atoms. The number of carbonyl (C=O) groups is 12. The summed E-state index contributed by atoms with van der Waals surface area (Å²) in [6, 6.07) is 3.41. The molecule has 476 valence electrons. The SMILES string of the molecule is CSCC[C@H](NC(=O)[C@@H](N)CC(=O)O)C(=O)N[C@@H](Cc1cnc[nH]1)C(=O)N[C@@H](CC(=O)O)C(=O)N[C@@H](Cc1ccccc1)C(=O)N[C@@H](Cc1ccccc1)C(=O)N[C@H](C(=O)NCC(=O)N[C@@H](CC(C)C)C(=O)N[C@@H](CCCN=C(N)N)C(=O)O)C(C)C. The molecule has 3 aromatic rings. The molecule has 0 spiro atoms. The van der Waals surface area contributed by atoms with E-state index < -0.39 is 151 Å². The lowest BCUT2D eigenvalue weighted by atomic mass is 9.99. The third kappa shape index (κ3) is 27.2. The van der Waals surface area contributed by atoms with Crippen molar-refractivity contribution in [1.82, 2.24) is 57.8 Å². The molecular weight excluding hydrogens is 1150 g/mol. The molecule has 0 saturated heterocycles. The molecule has 87 heavy (non-hydrogen) atoms. The van der Waals surface area contributed by atoms with Gasteiger partial charge in [-0.1, -0.05) is 88.4 Å². The Morgan fingerprint density at radius 2 is 1.06 bits per heavy atom. The van der Waals surface area contributed by atoms with E-state index in [2.05, 4.69) is 62.8 Å². The minimum Gasteiger partial charge on any atom is -0.481 e. The lowest BCUT2D eigenvalue weighted by Crippen LogP contribution is -2.61. The van der Waals surface area contributed by atoms with E-state index >= 15 is 0 Å². The smallest absolute Gasteiger partial charge is 0.326 e. The summed E-state index contributed by atoms with van der Waals surface area (Å²) in [4.78, 5) is 171. The van der Waals surface area contributed by atoms with Gasteiger partial charge in [0.05, 0.1) is 31.8 Å². The molecule has 31 heteroatoms. The predicted octanol–water partition coefficient (Wildman–Crippen LogP) is -2.70. The summed E-state index contributed by atoms with van der Waals surface area (Å²) >= 11 is 1.32. The van der Waals surface area contributed by atoms with E-state index in [9.17, 15) is 67.7 Å². The van der Waals surface area contributed by atoms with Gasteiger partial charge in [0, 0.05) is 37.7 Å². The number of thioether (sulfide) groups is 1. The van der Waals surface area contributed by atoms with Crippen LogP contribution in [0.4, 0.5) is 0 Å². The molecular formula is C56H81N15O15S. The molecule has 1 heterocycles. The van der Waals surface area contributed by atoms with E-state index in [1.165, 1.54) is 24.3 Å². The van der Waals surface area contributed by atoms with Crippen LogP contribution in [0.5, 0.6) is 0 Å². The Hall–Kier alpha value is -9.13. The highest BCUT2D eigenvalue weighted by Gasteiger charge is 2.36. The fourth-order valence-corrected chi connectivity index (χ4v) is 9.00. The Morgan fingerprint density at radius 1 is 0.575 bits per heavy atom. The number of carbonyl (C=O) groups excluding carboxylic acids is 9. The Labute approximate surface area is 506 Å². The number of hydrogen-bond donors (Lipinski definition) is 16. The summed E-state index contributed by atoms with van der Waals surface area (Å²) in [6.07, 6.45) is 2.13. The Morgan fingerprint density at radius 3 is 1.54 bits per heavy atom. The van der Waals surface area contributed by atoms with Crippen molar-refractivity contribution in [3.63, 3.8) is 0 Å². The van der Waals surface area contributed by atoms with Crippen molar-refractivity contribution in [3.8, 4) is 0 Å². The topological polar surface area (TPSA) is 493 Å². The van der Waals surface area contributed by atoms with Crippen molar-refractivity contribution in [1.29, 1.82) is 0 Å². The van der Waals surface area contributed by atoms with Gasteiger partial charge in [-0.15, -0.1) is 0 Å². The molecule has 19 N–H and O–H groups in total. The number of amides is 9. The molecule has 0 radical (unpaired) electrons. The number of rotatable bonds is 39. The quantitative estimate of drug-likeness (QED) is 0.0157. The molecule has 1 aromatic heterocycles. The molecule has 9 amide bonds. The standard InChI is InChI=1S/C56H81N15O15S/c1-30(2)21-38(49(79)66-37(55(85)86)17-12-19-61-56(58)59)64-43(72)28-62-54(84)46(31(3)4)71-53(83)40(23-33-15-10-7-11-16-33)68-50(80)39(22-32-13-8-6-9-14-32)67-52(82)42(26-45(75)76)70-51(81)41(24-34-27-60-29-63-34)69-48(78)36(18-20-87-5)65-47(77)35(57)25-44(73)74/h6-11,13-16,27,29-31,35-42,46H,12,17-26,28,57H2,1-5H3,(H,60,63)(H,62,84)(H,64,72)(H,65,77)(H,66,79)(H,67,82)(H,68,80)(H,69,78)(H,70,81)(H,71,83)(H,73,74)(H,75,76)(H,85,86)(H4,58,59,61)/t35-,36-,37-,38-,39-,40-,41-,42-,46-/m0/s1. The van der Waals surface area contributed by atoms with Gasteiger partial charge in [-0.2, -0.15) is 11.8 Å².